The fourth-order valence-electron chi connectivity index (χ4n) is 1.74. The SMILES string of the molecule is CCNc1cc(N(C)Cc2cnn(C)c2)ncn1. The molecule has 0 aliphatic rings. The Morgan fingerprint density at radius 3 is 2.89 bits per heavy atom. The summed E-state index contributed by atoms with van der Waals surface area (Å²) in [6, 6.07) is 1.94. The van der Waals surface area contributed by atoms with Crippen LogP contribution in [0, 0.1) is 0 Å². The average Bonchev–Trinajstić information content (AvgIpc) is 2.75. The van der Waals surface area contributed by atoms with Crippen LogP contribution in [0.4, 0.5) is 11.6 Å². The first-order chi connectivity index (χ1) is 8.69. The van der Waals surface area contributed by atoms with Crippen molar-refractivity contribution in [2.75, 3.05) is 23.8 Å². The van der Waals surface area contributed by atoms with Crippen molar-refractivity contribution in [2.45, 2.75) is 13.5 Å². The Balaban J connectivity index is 2.08. The van der Waals surface area contributed by atoms with Crippen molar-refractivity contribution in [3.05, 3.63) is 30.4 Å². The predicted molar refractivity (Wildman–Crippen MR) is 71.5 cm³/mol. The molecule has 0 unspecified atom stereocenters. The molecular weight excluding hydrogens is 228 g/mol. The third kappa shape index (κ3) is 2.97. The van der Waals surface area contributed by atoms with E-state index in [0.29, 0.717) is 0 Å². The van der Waals surface area contributed by atoms with Gasteiger partial charge in [0.15, 0.2) is 0 Å². The molecule has 0 aliphatic heterocycles. The van der Waals surface area contributed by atoms with Crippen molar-refractivity contribution in [1.82, 2.24) is 19.7 Å². The van der Waals surface area contributed by atoms with Crippen LogP contribution < -0.4 is 10.2 Å². The highest BCUT2D eigenvalue weighted by Crippen LogP contribution is 2.14. The monoisotopic (exact) mass is 246 g/mol. The Kier molecular flexibility index (Phi) is 3.76. The van der Waals surface area contributed by atoms with E-state index in [-0.39, 0.29) is 0 Å². The van der Waals surface area contributed by atoms with Crippen LogP contribution in [-0.4, -0.2) is 33.3 Å². The molecule has 18 heavy (non-hydrogen) atoms. The maximum atomic E-state index is 4.27. The maximum absolute atomic E-state index is 4.27. The van der Waals surface area contributed by atoms with Crippen LogP contribution in [0.3, 0.4) is 0 Å². The topological polar surface area (TPSA) is 58.9 Å². The number of anilines is 2. The molecule has 0 spiro atoms. The third-order valence-corrected chi connectivity index (χ3v) is 2.58. The molecule has 0 amide bonds. The van der Waals surface area contributed by atoms with Crippen LogP contribution in [0.15, 0.2) is 24.8 Å². The van der Waals surface area contributed by atoms with Crippen molar-refractivity contribution in [2.24, 2.45) is 7.05 Å². The molecule has 0 fully saturated rings. The highest BCUT2D eigenvalue weighted by Gasteiger charge is 2.06. The summed E-state index contributed by atoms with van der Waals surface area (Å²) in [6.45, 7) is 3.67. The third-order valence-electron chi connectivity index (χ3n) is 2.58. The predicted octanol–water partition coefficient (Wildman–Crippen LogP) is 1.28. The van der Waals surface area contributed by atoms with Gasteiger partial charge in [-0.05, 0) is 6.92 Å². The Morgan fingerprint density at radius 1 is 1.39 bits per heavy atom. The molecule has 2 heterocycles. The van der Waals surface area contributed by atoms with Gasteiger partial charge in [0.05, 0.1) is 6.20 Å². The summed E-state index contributed by atoms with van der Waals surface area (Å²) >= 11 is 0. The van der Waals surface area contributed by atoms with Crippen molar-refractivity contribution in [1.29, 1.82) is 0 Å². The Hall–Kier alpha value is -2.11. The van der Waals surface area contributed by atoms with Crippen LogP contribution in [0.1, 0.15) is 12.5 Å². The smallest absolute Gasteiger partial charge is 0.134 e. The van der Waals surface area contributed by atoms with E-state index in [4.69, 9.17) is 0 Å². The van der Waals surface area contributed by atoms with E-state index in [1.165, 1.54) is 0 Å². The molecule has 6 nitrogen and oxygen atoms in total. The molecule has 0 aliphatic carbocycles. The summed E-state index contributed by atoms with van der Waals surface area (Å²) in [5.41, 5.74) is 1.16. The fourth-order valence-corrected chi connectivity index (χ4v) is 1.74. The lowest BCUT2D eigenvalue weighted by atomic mass is 10.3. The van der Waals surface area contributed by atoms with Gasteiger partial charge < -0.3 is 10.2 Å². The van der Waals surface area contributed by atoms with Crippen molar-refractivity contribution in [3.63, 3.8) is 0 Å². The van der Waals surface area contributed by atoms with Crippen molar-refractivity contribution >= 4 is 11.6 Å². The minimum absolute atomic E-state index is 0.774. The molecule has 2 aromatic heterocycles. The number of nitrogens with one attached hydrogen (secondary N) is 1. The van der Waals surface area contributed by atoms with Crippen molar-refractivity contribution < 1.29 is 0 Å². The quantitative estimate of drug-likeness (QED) is 0.861. The minimum Gasteiger partial charge on any atom is -0.370 e. The first-order valence-corrected chi connectivity index (χ1v) is 5.93. The lowest BCUT2D eigenvalue weighted by Gasteiger charge is -2.17. The molecule has 0 aromatic carbocycles. The molecule has 6 heteroatoms. The van der Waals surface area contributed by atoms with E-state index >= 15 is 0 Å². The molecule has 2 rings (SSSR count). The number of hydrogen-bond acceptors (Lipinski definition) is 5. The second-order valence-electron chi connectivity index (χ2n) is 4.17. The standard InChI is InChI=1S/C12H18N6/c1-4-13-11-5-12(15-9-14-11)17(2)7-10-6-16-18(3)8-10/h5-6,8-9H,4,7H2,1-3H3,(H,13,14,15). The molecular formula is C12H18N6. The van der Waals surface area contributed by atoms with E-state index in [1.807, 2.05) is 39.5 Å². The molecule has 0 bridgehead atoms. The van der Waals surface area contributed by atoms with Gasteiger partial charge in [-0.2, -0.15) is 5.10 Å². The number of rotatable bonds is 5. The van der Waals surface area contributed by atoms with E-state index in [9.17, 15) is 0 Å². The zero-order valence-electron chi connectivity index (χ0n) is 11.0. The number of nitrogens with zero attached hydrogens (tertiary/aromatic N) is 5. The summed E-state index contributed by atoms with van der Waals surface area (Å²) in [5, 5.41) is 7.33. The molecule has 1 N–H and O–H groups in total. The second kappa shape index (κ2) is 5.48. The number of aryl methyl sites for hydroxylation is 1. The van der Waals surface area contributed by atoms with E-state index < -0.39 is 0 Å². The molecule has 0 radical (unpaired) electrons. The zero-order chi connectivity index (χ0) is 13.0. The van der Waals surface area contributed by atoms with Gasteiger partial charge in [-0.3, -0.25) is 4.68 Å². The normalized spacial score (nSPS) is 10.4. The molecule has 0 saturated heterocycles. The van der Waals surface area contributed by atoms with Crippen LogP contribution in [0.2, 0.25) is 0 Å². The molecule has 2 aromatic rings. The molecule has 96 valence electrons. The molecule has 0 saturated carbocycles. The molecule has 0 atom stereocenters. The van der Waals surface area contributed by atoms with Gasteiger partial charge in [-0.1, -0.05) is 0 Å². The summed E-state index contributed by atoms with van der Waals surface area (Å²) in [7, 11) is 3.92. The lowest BCUT2D eigenvalue weighted by Crippen LogP contribution is -2.17. The van der Waals surface area contributed by atoms with Crippen LogP contribution in [0.25, 0.3) is 0 Å². The summed E-state index contributed by atoms with van der Waals surface area (Å²) in [4.78, 5) is 10.5. The maximum Gasteiger partial charge on any atom is 0.134 e. The van der Waals surface area contributed by atoms with Crippen LogP contribution in [0.5, 0.6) is 0 Å². The summed E-state index contributed by atoms with van der Waals surface area (Å²) in [5.74, 6) is 1.74. The number of hydrogen-bond donors (Lipinski definition) is 1. The second-order valence-corrected chi connectivity index (χ2v) is 4.17. The van der Waals surface area contributed by atoms with Crippen LogP contribution >= 0.6 is 0 Å². The van der Waals surface area contributed by atoms with Gasteiger partial charge in [-0.25, -0.2) is 9.97 Å². The largest absolute Gasteiger partial charge is 0.370 e. The lowest BCUT2D eigenvalue weighted by molar-refractivity contribution is 0.766. The van der Waals surface area contributed by atoms with Gasteiger partial charge in [0, 0.05) is 45.0 Å². The average molecular weight is 246 g/mol. The van der Waals surface area contributed by atoms with Crippen LogP contribution in [-0.2, 0) is 13.6 Å². The Bertz CT molecular complexity index is 507. The van der Waals surface area contributed by atoms with Gasteiger partial charge in [0.25, 0.3) is 0 Å². The summed E-state index contributed by atoms with van der Waals surface area (Å²) < 4.78 is 1.80. The Labute approximate surface area is 107 Å². The van der Waals surface area contributed by atoms with Gasteiger partial charge in [-0.15, -0.1) is 0 Å². The van der Waals surface area contributed by atoms with Crippen molar-refractivity contribution in [3.8, 4) is 0 Å². The fraction of sp³-hybridized carbons (Fsp3) is 0.417. The highest BCUT2D eigenvalue weighted by molar-refractivity contribution is 5.48. The first kappa shape index (κ1) is 12.3. The zero-order valence-corrected chi connectivity index (χ0v) is 11.0. The highest BCUT2D eigenvalue weighted by atomic mass is 15.2. The van der Waals surface area contributed by atoms with Gasteiger partial charge in [0.2, 0.25) is 0 Å². The number of aromatic nitrogens is 4. The van der Waals surface area contributed by atoms with E-state index in [2.05, 4.69) is 25.3 Å². The van der Waals surface area contributed by atoms with E-state index in [0.717, 1.165) is 30.3 Å². The van der Waals surface area contributed by atoms with Gasteiger partial charge in [0.1, 0.15) is 18.0 Å². The van der Waals surface area contributed by atoms with E-state index in [1.54, 1.807) is 11.0 Å². The Morgan fingerprint density at radius 2 is 2.22 bits per heavy atom. The van der Waals surface area contributed by atoms with Gasteiger partial charge >= 0.3 is 0 Å². The summed E-state index contributed by atoms with van der Waals surface area (Å²) in [6.07, 6.45) is 5.44. The minimum atomic E-state index is 0.774. The first-order valence-electron chi connectivity index (χ1n) is 5.93.